The minimum absolute atomic E-state index is 0. The average Bonchev–Trinajstić information content (AvgIpc) is 3.32. The first kappa shape index (κ1) is 56.3. The van der Waals surface area contributed by atoms with Crippen molar-refractivity contribution in [2.75, 3.05) is 114 Å². The Morgan fingerprint density at radius 1 is 0.552 bits per heavy atom. The molecule has 0 atom stereocenters. The van der Waals surface area contributed by atoms with Crippen molar-refractivity contribution in [3.8, 4) is 22.5 Å². The Hall–Kier alpha value is -3.32. The second kappa shape index (κ2) is 25.5. The van der Waals surface area contributed by atoms with Crippen LogP contribution in [0, 0.1) is 0 Å². The number of rotatable bonds is 13. The number of aliphatic hydroxyl groups excluding tert-OH is 2. The predicted molar refractivity (Wildman–Crippen MR) is 284 cm³/mol. The highest BCUT2D eigenvalue weighted by atomic mass is 35.5. The Labute approximate surface area is 415 Å². The van der Waals surface area contributed by atoms with Crippen molar-refractivity contribution in [3.63, 3.8) is 0 Å². The first-order valence-corrected chi connectivity index (χ1v) is 24.7. The number of nitrogens with zero attached hydrogens (tertiary/aromatic N) is 5. The summed E-state index contributed by atoms with van der Waals surface area (Å²) in [7, 11) is 0. The summed E-state index contributed by atoms with van der Waals surface area (Å²) in [6, 6.07) is 26.9. The van der Waals surface area contributed by atoms with Crippen LogP contribution in [0.2, 0.25) is 0 Å². The van der Waals surface area contributed by atoms with Gasteiger partial charge in [-0.2, -0.15) is 0 Å². The summed E-state index contributed by atoms with van der Waals surface area (Å²) in [5, 5.41) is 20.4. The molecule has 0 spiro atoms. The summed E-state index contributed by atoms with van der Waals surface area (Å²) in [6.07, 6.45) is 4.95. The van der Waals surface area contributed by atoms with E-state index in [-0.39, 0.29) is 54.7 Å². The Bertz CT molecular complexity index is 2110. The van der Waals surface area contributed by atoms with E-state index < -0.39 is 0 Å². The summed E-state index contributed by atoms with van der Waals surface area (Å²) in [5.74, 6) is 2.66. The maximum Gasteiger partial charge on any atom is 0.129 e. The van der Waals surface area contributed by atoms with Crippen molar-refractivity contribution in [2.45, 2.75) is 110 Å². The van der Waals surface area contributed by atoms with Crippen molar-refractivity contribution < 1.29 is 19.7 Å². The molecule has 0 unspecified atom stereocenters. The van der Waals surface area contributed by atoms with Crippen LogP contribution in [0.15, 0.2) is 72.8 Å². The quantitative estimate of drug-likeness (QED) is 0.0886. The summed E-state index contributed by atoms with van der Waals surface area (Å²) < 4.78 is 10.2. The molecule has 2 aliphatic heterocycles. The number of nitrogens with one attached hydrogen (secondary N) is 1. The van der Waals surface area contributed by atoms with Crippen LogP contribution >= 0.6 is 24.0 Å². The number of aromatic nitrogens is 2. The monoisotopic (exact) mass is 963 g/mol. The molecule has 67 heavy (non-hydrogen) atoms. The van der Waals surface area contributed by atoms with Crippen LogP contribution in [0.1, 0.15) is 111 Å². The standard InChI is InChI=1S/C27H39N3O2.C23H31N3.C4H9ClO2.CH4.ClH/c1-26(2)10-11-27(3,4)23-20-21(8-9-22(23)26)24-6-5-7-25(28-24)30-14-12-29(13-15-30)16-18-32-19-17-31;1-22(2)10-11-23(3,4)19-16-17(8-9-18(19)22)20-6-5-7-21(25-20)26-14-12-24-13-15-26;5-1-3-7-4-2-6;;/h5-9,20,31H,10-19H2,1-4H3;5-9,16,24H,10-15H2,1-4H3;6H,1-4H2;1H4;1H. The van der Waals surface area contributed by atoms with Gasteiger partial charge in [-0.1, -0.05) is 99.2 Å². The van der Waals surface area contributed by atoms with Crippen LogP contribution in [-0.4, -0.2) is 130 Å². The molecular formula is C55H84Cl2N6O4. The zero-order valence-electron chi connectivity index (χ0n) is 41.3. The fraction of sp³-hybridized carbons (Fsp3) is 0.600. The lowest BCUT2D eigenvalue weighted by Gasteiger charge is -2.42. The Morgan fingerprint density at radius 2 is 0.970 bits per heavy atom. The van der Waals surface area contributed by atoms with E-state index in [0.717, 1.165) is 81.9 Å². The third-order valence-corrected chi connectivity index (χ3v) is 14.3. The number of hydrogen-bond donors (Lipinski definition) is 3. The minimum atomic E-state index is 0. The highest BCUT2D eigenvalue weighted by molar-refractivity contribution is 6.17. The van der Waals surface area contributed by atoms with Crippen molar-refractivity contribution in [1.29, 1.82) is 0 Å². The second-order valence-electron chi connectivity index (χ2n) is 20.7. The largest absolute Gasteiger partial charge is 0.394 e. The molecule has 2 fully saturated rings. The van der Waals surface area contributed by atoms with Gasteiger partial charge in [-0.25, -0.2) is 9.97 Å². The van der Waals surface area contributed by atoms with Gasteiger partial charge >= 0.3 is 0 Å². The van der Waals surface area contributed by atoms with Crippen molar-refractivity contribution >= 4 is 35.6 Å². The molecule has 0 bridgehead atoms. The molecule has 4 heterocycles. The van der Waals surface area contributed by atoms with Gasteiger partial charge in [-0.3, -0.25) is 4.90 Å². The highest BCUT2D eigenvalue weighted by Crippen LogP contribution is 2.48. The Balaban J connectivity index is 0.000000253. The summed E-state index contributed by atoms with van der Waals surface area (Å²) in [5.41, 5.74) is 11.5. The number of benzene rings is 2. The van der Waals surface area contributed by atoms with E-state index in [2.05, 4.69) is 148 Å². The van der Waals surface area contributed by atoms with Gasteiger partial charge in [-0.15, -0.1) is 24.0 Å². The topological polar surface area (TPSA) is 106 Å². The van der Waals surface area contributed by atoms with Crippen LogP contribution in [0.5, 0.6) is 0 Å². The van der Waals surface area contributed by atoms with Gasteiger partial charge in [0.05, 0.1) is 51.0 Å². The summed E-state index contributed by atoms with van der Waals surface area (Å²) in [6.45, 7) is 30.3. The zero-order valence-corrected chi connectivity index (χ0v) is 42.9. The molecule has 4 aromatic rings. The van der Waals surface area contributed by atoms with E-state index in [1.807, 2.05) is 0 Å². The van der Waals surface area contributed by atoms with Crippen LogP contribution in [0.4, 0.5) is 11.6 Å². The molecule has 2 saturated heterocycles. The van der Waals surface area contributed by atoms with E-state index in [0.29, 0.717) is 32.3 Å². The molecule has 12 heteroatoms. The number of piperazine rings is 2. The van der Waals surface area contributed by atoms with E-state index in [9.17, 15) is 0 Å². The highest BCUT2D eigenvalue weighted by Gasteiger charge is 2.38. The zero-order chi connectivity index (χ0) is 46.7. The Kier molecular flexibility index (Phi) is 21.4. The number of hydrogen-bond acceptors (Lipinski definition) is 10. The first-order chi connectivity index (χ1) is 31.1. The SMILES string of the molecule is C.CC1(C)CCC(C)(C)c2cc(-c3cccc(N4CCN(CCOCCO)CC4)n3)ccc21.CC1(C)CCC(C)(C)c2cc(-c3cccc(N4CCNCC4)n3)ccc21.Cl.OCCOCCCl. The lowest BCUT2D eigenvalue weighted by Crippen LogP contribution is -2.47. The van der Waals surface area contributed by atoms with Gasteiger partial charge in [0.1, 0.15) is 11.6 Å². The van der Waals surface area contributed by atoms with Gasteiger partial charge < -0.3 is 34.8 Å². The molecule has 2 aromatic heterocycles. The number of anilines is 2. The van der Waals surface area contributed by atoms with Crippen molar-refractivity contribution in [2.24, 2.45) is 0 Å². The van der Waals surface area contributed by atoms with Gasteiger partial charge in [-0.05, 0) is 106 Å². The van der Waals surface area contributed by atoms with Gasteiger partial charge in [0.25, 0.3) is 0 Å². The fourth-order valence-electron chi connectivity index (χ4n) is 9.69. The average molecular weight is 964 g/mol. The van der Waals surface area contributed by atoms with Crippen LogP contribution in [0.3, 0.4) is 0 Å². The third-order valence-electron chi connectivity index (χ3n) is 14.1. The summed E-state index contributed by atoms with van der Waals surface area (Å²) >= 11 is 5.23. The molecular weight excluding hydrogens is 880 g/mol. The molecule has 2 aromatic carbocycles. The van der Waals surface area contributed by atoms with E-state index in [1.54, 1.807) is 0 Å². The van der Waals surface area contributed by atoms with Crippen LogP contribution < -0.4 is 15.1 Å². The molecule has 0 amide bonds. The van der Waals surface area contributed by atoms with Crippen LogP contribution in [0.25, 0.3) is 22.5 Å². The van der Waals surface area contributed by atoms with E-state index in [4.69, 9.17) is 41.3 Å². The minimum Gasteiger partial charge on any atom is -0.394 e. The summed E-state index contributed by atoms with van der Waals surface area (Å²) in [4.78, 5) is 17.3. The van der Waals surface area contributed by atoms with E-state index >= 15 is 0 Å². The number of halogens is 2. The lowest BCUT2D eigenvalue weighted by atomic mass is 9.63. The molecule has 2 aliphatic carbocycles. The van der Waals surface area contributed by atoms with Crippen LogP contribution in [-0.2, 0) is 31.1 Å². The predicted octanol–water partition coefficient (Wildman–Crippen LogP) is 10.0. The molecule has 10 nitrogen and oxygen atoms in total. The Morgan fingerprint density at radius 3 is 1.40 bits per heavy atom. The molecule has 0 saturated carbocycles. The number of aliphatic hydroxyl groups is 2. The van der Waals surface area contributed by atoms with Gasteiger partial charge in [0, 0.05) is 75.9 Å². The number of ether oxygens (including phenoxy) is 2. The normalized spacial score (nSPS) is 18.9. The first-order valence-electron chi connectivity index (χ1n) is 24.2. The fourth-order valence-corrected chi connectivity index (χ4v) is 9.80. The van der Waals surface area contributed by atoms with Gasteiger partial charge in [0.15, 0.2) is 0 Å². The third kappa shape index (κ3) is 14.8. The molecule has 4 aliphatic rings. The molecule has 3 N–H and O–H groups in total. The molecule has 8 rings (SSSR count). The number of alkyl halides is 1. The number of fused-ring (bicyclic) bond motifs is 2. The van der Waals surface area contributed by atoms with E-state index in [1.165, 1.54) is 59.1 Å². The molecule has 0 radical (unpaired) electrons. The van der Waals surface area contributed by atoms with Gasteiger partial charge in [0.2, 0.25) is 0 Å². The lowest BCUT2D eigenvalue weighted by molar-refractivity contribution is 0.0724. The number of pyridine rings is 2. The second-order valence-corrected chi connectivity index (χ2v) is 21.1. The maximum absolute atomic E-state index is 8.82. The van der Waals surface area contributed by atoms with Crippen molar-refractivity contribution in [3.05, 3.63) is 95.1 Å². The molecule has 372 valence electrons. The maximum atomic E-state index is 8.82. The smallest absolute Gasteiger partial charge is 0.129 e. The van der Waals surface area contributed by atoms with Crippen molar-refractivity contribution in [1.82, 2.24) is 20.2 Å².